The van der Waals surface area contributed by atoms with Crippen molar-refractivity contribution in [3.8, 4) is 0 Å². The van der Waals surface area contributed by atoms with Crippen molar-refractivity contribution in [2.24, 2.45) is 5.41 Å². The van der Waals surface area contributed by atoms with Crippen molar-refractivity contribution in [2.75, 3.05) is 44.3 Å². The van der Waals surface area contributed by atoms with Crippen LogP contribution in [0.3, 0.4) is 0 Å². The standard InChI is InChI=1S/C20H24N4O2/c25-19(18-6-1-2-9-22-18)24-10-4-7-20(15-24)14-23(11-12-26-16-20)17-5-3-8-21-13-17/h1-3,5-6,8-9,13H,4,7,10-12,14-16H2. The van der Waals surface area contributed by atoms with Gasteiger partial charge in [-0.25, -0.2) is 0 Å². The predicted molar refractivity (Wildman–Crippen MR) is 99.1 cm³/mol. The highest BCUT2D eigenvalue weighted by Crippen LogP contribution is 2.34. The molecule has 0 bridgehead atoms. The molecule has 4 rings (SSSR count). The van der Waals surface area contributed by atoms with E-state index in [1.807, 2.05) is 29.3 Å². The smallest absolute Gasteiger partial charge is 0.272 e. The zero-order valence-electron chi connectivity index (χ0n) is 14.9. The number of carbonyl (C=O) groups is 1. The predicted octanol–water partition coefficient (Wildman–Crippen LogP) is 2.24. The molecule has 0 radical (unpaired) electrons. The molecule has 1 spiro atoms. The van der Waals surface area contributed by atoms with E-state index in [9.17, 15) is 4.79 Å². The van der Waals surface area contributed by atoms with Crippen LogP contribution in [-0.4, -0.2) is 60.2 Å². The minimum atomic E-state index is -0.0466. The molecule has 1 atom stereocenters. The molecule has 2 aliphatic rings. The van der Waals surface area contributed by atoms with Gasteiger partial charge in [0.2, 0.25) is 0 Å². The molecular weight excluding hydrogens is 328 g/mol. The van der Waals surface area contributed by atoms with Crippen LogP contribution in [0.5, 0.6) is 0 Å². The largest absolute Gasteiger partial charge is 0.379 e. The average Bonchev–Trinajstić information content (AvgIpc) is 2.91. The number of aromatic nitrogens is 2. The van der Waals surface area contributed by atoms with Crippen molar-refractivity contribution < 1.29 is 9.53 Å². The van der Waals surface area contributed by atoms with Crippen molar-refractivity contribution in [3.63, 3.8) is 0 Å². The molecule has 2 aromatic heterocycles. The lowest BCUT2D eigenvalue weighted by Crippen LogP contribution is -2.52. The molecule has 2 fully saturated rings. The van der Waals surface area contributed by atoms with E-state index < -0.39 is 0 Å². The Bertz CT molecular complexity index is 740. The van der Waals surface area contributed by atoms with Crippen LogP contribution in [0.15, 0.2) is 48.9 Å². The molecule has 1 unspecified atom stereocenters. The third kappa shape index (κ3) is 3.55. The highest BCUT2D eigenvalue weighted by molar-refractivity contribution is 5.92. The van der Waals surface area contributed by atoms with Crippen LogP contribution < -0.4 is 4.90 Å². The van der Waals surface area contributed by atoms with Crippen LogP contribution >= 0.6 is 0 Å². The number of pyridine rings is 2. The van der Waals surface area contributed by atoms with E-state index in [2.05, 4.69) is 20.9 Å². The monoisotopic (exact) mass is 352 g/mol. The molecule has 6 nitrogen and oxygen atoms in total. The first-order valence-corrected chi connectivity index (χ1v) is 9.19. The summed E-state index contributed by atoms with van der Waals surface area (Å²) in [5.74, 6) is 0.0156. The Labute approximate surface area is 153 Å². The van der Waals surface area contributed by atoms with Crippen molar-refractivity contribution >= 4 is 11.6 Å². The summed E-state index contributed by atoms with van der Waals surface area (Å²) in [6.07, 6.45) is 7.42. The van der Waals surface area contributed by atoms with E-state index in [-0.39, 0.29) is 11.3 Å². The molecule has 2 saturated heterocycles. The summed E-state index contributed by atoms with van der Waals surface area (Å²) in [5.41, 5.74) is 1.59. The second kappa shape index (κ2) is 7.41. The first-order valence-electron chi connectivity index (χ1n) is 9.19. The quantitative estimate of drug-likeness (QED) is 0.830. The number of nitrogens with zero attached hydrogens (tertiary/aromatic N) is 4. The summed E-state index contributed by atoms with van der Waals surface area (Å²) in [5, 5.41) is 0. The molecule has 4 heterocycles. The van der Waals surface area contributed by atoms with E-state index >= 15 is 0 Å². The van der Waals surface area contributed by atoms with Crippen LogP contribution in [-0.2, 0) is 4.74 Å². The normalized spacial score (nSPS) is 23.7. The number of rotatable bonds is 2. The number of carbonyl (C=O) groups excluding carboxylic acids is 1. The summed E-state index contributed by atoms with van der Waals surface area (Å²) >= 11 is 0. The Morgan fingerprint density at radius 1 is 1.12 bits per heavy atom. The highest BCUT2D eigenvalue weighted by atomic mass is 16.5. The minimum Gasteiger partial charge on any atom is -0.379 e. The lowest BCUT2D eigenvalue weighted by molar-refractivity contribution is 0.0133. The average molecular weight is 352 g/mol. The lowest BCUT2D eigenvalue weighted by Gasteiger charge is -2.43. The summed E-state index contributed by atoms with van der Waals surface area (Å²) in [7, 11) is 0. The number of hydrogen-bond donors (Lipinski definition) is 0. The van der Waals surface area contributed by atoms with E-state index in [1.165, 1.54) is 0 Å². The third-order valence-corrected chi connectivity index (χ3v) is 5.28. The van der Waals surface area contributed by atoms with E-state index in [0.717, 1.165) is 38.2 Å². The Morgan fingerprint density at radius 3 is 2.88 bits per heavy atom. The summed E-state index contributed by atoms with van der Waals surface area (Å²) < 4.78 is 5.96. The van der Waals surface area contributed by atoms with Gasteiger partial charge in [-0.15, -0.1) is 0 Å². The van der Waals surface area contributed by atoms with Gasteiger partial charge in [0.1, 0.15) is 5.69 Å². The summed E-state index contributed by atoms with van der Waals surface area (Å²) in [4.78, 5) is 25.6. The number of ether oxygens (including phenoxy) is 1. The molecule has 6 heteroatoms. The van der Waals surface area contributed by atoms with Gasteiger partial charge in [0, 0.05) is 44.0 Å². The number of hydrogen-bond acceptors (Lipinski definition) is 5. The fourth-order valence-corrected chi connectivity index (χ4v) is 4.03. The van der Waals surface area contributed by atoms with Crippen molar-refractivity contribution in [1.29, 1.82) is 0 Å². The molecule has 0 aliphatic carbocycles. The fraction of sp³-hybridized carbons (Fsp3) is 0.450. The van der Waals surface area contributed by atoms with Gasteiger partial charge < -0.3 is 14.5 Å². The van der Waals surface area contributed by atoms with E-state index in [0.29, 0.717) is 25.5 Å². The SMILES string of the molecule is O=C(c1ccccn1)N1CCCC2(COCCN(c3cccnc3)C2)C1. The van der Waals surface area contributed by atoms with E-state index in [4.69, 9.17) is 4.74 Å². The zero-order valence-corrected chi connectivity index (χ0v) is 14.9. The van der Waals surface area contributed by atoms with Crippen LogP contribution in [0, 0.1) is 5.41 Å². The van der Waals surface area contributed by atoms with Crippen LogP contribution in [0.1, 0.15) is 23.3 Å². The van der Waals surface area contributed by atoms with Crippen molar-refractivity contribution in [3.05, 3.63) is 54.6 Å². The molecule has 0 N–H and O–H groups in total. The molecule has 26 heavy (non-hydrogen) atoms. The molecule has 2 aromatic rings. The summed E-state index contributed by atoms with van der Waals surface area (Å²) in [6, 6.07) is 9.53. The third-order valence-electron chi connectivity index (χ3n) is 5.28. The van der Waals surface area contributed by atoms with Crippen LogP contribution in [0.25, 0.3) is 0 Å². The van der Waals surface area contributed by atoms with E-state index in [1.54, 1.807) is 18.5 Å². The Morgan fingerprint density at radius 2 is 2.08 bits per heavy atom. The molecule has 2 aliphatic heterocycles. The highest BCUT2D eigenvalue weighted by Gasteiger charge is 2.40. The first-order chi connectivity index (χ1) is 12.8. The second-order valence-corrected chi connectivity index (χ2v) is 7.23. The van der Waals surface area contributed by atoms with Crippen molar-refractivity contribution in [1.82, 2.24) is 14.9 Å². The van der Waals surface area contributed by atoms with Gasteiger partial charge in [-0.3, -0.25) is 14.8 Å². The van der Waals surface area contributed by atoms with Gasteiger partial charge in [0.15, 0.2) is 0 Å². The number of likely N-dealkylation sites (tertiary alicyclic amines) is 1. The van der Waals surface area contributed by atoms with Gasteiger partial charge in [0.25, 0.3) is 5.91 Å². The Kier molecular flexibility index (Phi) is 4.84. The number of amides is 1. The number of anilines is 1. The lowest BCUT2D eigenvalue weighted by atomic mass is 9.80. The Hall–Kier alpha value is -2.47. The maximum atomic E-state index is 12.9. The zero-order chi connectivity index (χ0) is 17.8. The second-order valence-electron chi connectivity index (χ2n) is 7.23. The van der Waals surface area contributed by atoms with Crippen LogP contribution in [0.2, 0.25) is 0 Å². The molecule has 136 valence electrons. The minimum absolute atomic E-state index is 0.0156. The van der Waals surface area contributed by atoms with Gasteiger partial charge >= 0.3 is 0 Å². The van der Waals surface area contributed by atoms with Gasteiger partial charge in [-0.05, 0) is 37.1 Å². The first kappa shape index (κ1) is 17.0. The van der Waals surface area contributed by atoms with Crippen LogP contribution in [0.4, 0.5) is 5.69 Å². The number of piperidine rings is 1. The Balaban J connectivity index is 1.53. The molecule has 0 saturated carbocycles. The molecular formula is C20H24N4O2. The summed E-state index contributed by atoms with van der Waals surface area (Å²) in [6.45, 7) is 4.61. The van der Waals surface area contributed by atoms with Gasteiger partial charge in [-0.1, -0.05) is 6.07 Å². The van der Waals surface area contributed by atoms with Gasteiger partial charge in [-0.2, -0.15) is 0 Å². The van der Waals surface area contributed by atoms with Gasteiger partial charge in [0.05, 0.1) is 25.1 Å². The topological polar surface area (TPSA) is 58.6 Å². The fourth-order valence-electron chi connectivity index (χ4n) is 4.03. The van der Waals surface area contributed by atoms with Crippen molar-refractivity contribution in [2.45, 2.75) is 12.8 Å². The molecule has 0 aromatic carbocycles. The molecule has 1 amide bonds. The maximum Gasteiger partial charge on any atom is 0.272 e. The maximum absolute atomic E-state index is 12.9.